The summed E-state index contributed by atoms with van der Waals surface area (Å²) in [5.41, 5.74) is 2.01. The molecule has 1 heterocycles. The topological polar surface area (TPSA) is 43.4 Å². The molecule has 1 aromatic carbocycles. The quantitative estimate of drug-likeness (QED) is 0.814. The number of ether oxygens (including phenoxy) is 2. The Labute approximate surface area is 130 Å². The molecule has 5 heteroatoms. The molecule has 0 amide bonds. The van der Waals surface area contributed by atoms with Gasteiger partial charge in [-0.25, -0.2) is 4.98 Å². The molecule has 0 spiro atoms. The summed E-state index contributed by atoms with van der Waals surface area (Å²) in [4.78, 5) is 4.03. The van der Waals surface area contributed by atoms with Crippen molar-refractivity contribution in [1.29, 1.82) is 0 Å². The lowest BCUT2D eigenvalue weighted by Gasteiger charge is -2.15. The van der Waals surface area contributed by atoms with E-state index in [0.717, 1.165) is 22.7 Å². The number of hydrogen-bond donors (Lipinski definition) is 1. The molecule has 1 aromatic heterocycles. The summed E-state index contributed by atoms with van der Waals surface area (Å²) in [5.74, 6) is 1.49. The summed E-state index contributed by atoms with van der Waals surface area (Å²) in [6.45, 7) is 4.65. The number of hydrogen-bond acceptors (Lipinski definition) is 4. The number of nitrogens with one attached hydrogen (secondary N) is 1. The van der Waals surface area contributed by atoms with Crippen molar-refractivity contribution >= 4 is 17.3 Å². The number of pyridine rings is 1. The Balaban J connectivity index is 2.05. The number of anilines is 1. The lowest BCUT2D eigenvalue weighted by atomic mass is 10.2. The molecule has 2 rings (SSSR count). The average Bonchev–Trinajstić information content (AvgIpc) is 2.47. The van der Waals surface area contributed by atoms with Crippen molar-refractivity contribution in [2.24, 2.45) is 0 Å². The maximum absolute atomic E-state index is 5.76. The molecule has 2 aromatic rings. The van der Waals surface area contributed by atoms with Gasteiger partial charge in [0.15, 0.2) is 11.5 Å². The fourth-order valence-electron chi connectivity index (χ4n) is 1.86. The van der Waals surface area contributed by atoms with Crippen molar-refractivity contribution in [3.05, 3.63) is 47.2 Å². The zero-order valence-electron chi connectivity index (χ0n) is 12.4. The molecule has 0 bridgehead atoms. The van der Waals surface area contributed by atoms with Crippen LogP contribution in [0.4, 0.5) is 5.69 Å². The van der Waals surface area contributed by atoms with Crippen LogP contribution < -0.4 is 14.8 Å². The van der Waals surface area contributed by atoms with Gasteiger partial charge in [-0.2, -0.15) is 0 Å². The molecule has 21 heavy (non-hydrogen) atoms. The molecule has 4 nitrogen and oxygen atoms in total. The minimum absolute atomic E-state index is 0.114. The zero-order chi connectivity index (χ0) is 15.2. The normalized spacial score (nSPS) is 10.5. The fourth-order valence-corrected chi connectivity index (χ4v) is 1.97. The van der Waals surface area contributed by atoms with Crippen LogP contribution in [0.1, 0.15) is 19.4 Å². The Kier molecular flexibility index (Phi) is 5.28. The minimum atomic E-state index is 0.114. The van der Waals surface area contributed by atoms with E-state index in [1.54, 1.807) is 19.4 Å². The number of halogens is 1. The smallest absolute Gasteiger partial charge is 0.161 e. The Morgan fingerprint density at radius 2 is 2.00 bits per heavy atom. The van der Waals surface area contributed by atoms with Crippen molar-refractivity contribution in [2.45, 2.75) is 26.5 Å². The van der Waals surface area contributed by atoms with Gasteiger partial charge in [-0.05, 0) is 43.7 Å². The summed E-state index contributed by atoms with van der Waals surface area (Å²) < 4.78 is 11.1. The van der Waals surface area contributed by atoms with E-state index in [4.69, 9.17) is 21.1 Å². The summed E-state index contributed by atoms with van der Waals surface area (Å²) in [5, 5.41) is 3.77. The van der Waals surface area contributed by atoms with Crippen molar-refractivity contribution in [3.63, 3.8) is 0 Å². The average molecular weight is 307 g/mol. The monoisotopic (exact) mass is 306 g/mol. The first-order valence-corrected chi connectivity index (χ1v) is 7.15. The molecular weight excluding hydrogens is 288 g/mol. The van der Waals surface area contributed by atoms with Crippen LogP contribution in [0.15, 0.2) is 36.5 Å². The van der Waals surface area contributed by atoms with Crippen LogP contribution in [-0.4, -0.2) is 18.2 Å². The number of benzene rings is 1. The van der Waals surface area contributed by atoms with Crippen LogP contribution in [0, 0.1) is 0 Å². The van der Waals surface area contributed by atoms with E-state index in [1.165, 1.54) is 0 Å². The van der Waals surface area contributed by atoms with E-state index in [1.807, 2.05) is 38.1 Å². The fraction of sp³-hybridized carbons (Fsp3) is 0.312. The number of nitrogens with zero attached hydrogens (tertiary/aromatic N) is 1. The Morgan fingerprint density at radius 1 is 1.19 bits per heavy atom. The standard InChI is InChI=1S/C16H19ClN2O2/c1-11(2)21-14-6-4-12(8-15(14)20-3)9-18-13-5-7-16(17)19-10-13/h4-8,10-11,18H,9H2,1-3H3. The third-order valence-electron chi connectivity index (χ3n) is 2.81. The molecule has 0 atom stereocenters. The van der Waals surface area contributed by atoms with Crippen LogP contribution in [0.5, 0.6) is 11.5 Å². The Hall–Kier alpha value is -1.94. The second-order valence-corrected chi connectivity index (χ2v) is 5.26. The molecule has 0 aliphatic heterocycles. The second kappa shape index (κ2) is 7.18. The highest BCUT2D eigenvalue weighted by Gasteiger charge is 2.07. The van der Waals surface area contributed by atoms with Crippen molar-refractivity contribution in [2.75, 3.05) is 12.4 Å². The molecule has 0 radical (unpaired) electrons. The van der Waals surface area contributed by atoms with Crippen molar-refractivity contribution in [1.82, 2.24) is 4.98 Å². The Morgan fingerprint density at radius 3 is 2.62 bits per heavy atom. The zero-order valence-corrected chi connectivity index (χ0v) is 13.1. The molecule has 0 aliphatic carbocycles. The number of aromatic nitrogens is 1. The lowest BCUT2D eigenvalue weighted by molar-refractivity contribution is 0.230. The van der Waals surface area contributed by atoms with Gasteiger partial charge in [-0.1, -0.05) is 17.7 Å². The van der Waals surface area contributed by atoms with Gasteiger partial charge in [0, 0.05) is 6.54 Å². The van der Waals surface area contributed by atoms with Gasteiger partial charge in [-0.15, -0.1) is 0 Å². The first-order valence-electron chi connectivity index (χ1n) is 6.77. The van der Waals surface area contributed by atoms with E-state index in [-0.39, 0.29) is 6.10 Å². The highest BCUT2D eigenvalue weighted by atomic mass is 35.5. The van der Waals surface area contributed by atoms with Gasteiger partial charge in [0.2, 0.25) is 0 Å². The summed E-state index contributed by atoms with van der Waals surface area (Å²) in [6.07, 6.45) is 1.82. The largest absolute Gasteiger partial charge is 0.493 e. The van der Waals surface area contributed by atoms with Gasteiger partial charge in [0.25, 0.3) is 0 Å². The van der Waals surface area contributed by atoms with Crippen molar-refractivity contribution < 1.29 is 9.47 Å². The van der Waals surface area contributed by atoms with Gasteiger partial charge >= 0.3 is 0 Å². The molecule has 0 fully saturated rings. The Bertz CT molecular complexity index is 585. The summed E-state index contributed by atoms with van der Waals surface area (Å²) >= 11 is 5.76. The molecule has 0 unspecified atom stereocenters. The summed E-state index contributed by atoms with van der Waals surface area (Å²) in [7, 11) is 1.64. The maximum Gasteiger partial charge on any atom is 0.161 e. The van der Waals surface area contributed by atoms with Crippen LogP contribution >= 0.6 is 11.6 Å². The minimum Gasteiger partial charge on any atom is -0.493 e. The second-order valence-electron chi connectivity index (χ2n) is 4.87. The SMILES string of the molecule is COc1cc(CNc2ccc(Cl)nc2)ccc1OC(C)C. The van der Waals surface area contributed by atoms with Crippen LogP contribution in [-0.2, 0) is 6.54 Å². The molecule has 1 N–H and O–H groups in total. The molecular formula is C16H19ClN2O2. The molecule has 0 aliphatic rings. The third-order valence-corrected chi connectivity index (χ3v) is 3.04. The predicted molar refractivity (Wildman–Crippen MR) is 85.3 cm³/mol. The highest BCUT2D eigenvalue weighted by molar-refractivity contribution is 6.29. The lowest BCUT2D eigenvalue weighted by Crippen LogP contribution is -2.07. The van der Waals surface area contributed by atoms with Crippen LogP contribution in [0.25, 0.3) is 0 Å². The molecule has 112 valence electrons. The van der Waals surface area contributed by atoms with Gasteiger partial charge < -0.3 is 14.8 Å². The van der Waals surface area contributed by atoms with E-state index in [2.05, 4.69) is 10.3 Å². The van der Waals surface area contributed by atoms with Crippen LogP contribution in [0.3, 0.4) is 0 Å². The third kappa shape index (κ3) is 4.53. The van der Waals surface area contributed by atoms with Gasteiger partial charge in [0.1, 0.15) is 5.15 Å². The first kappa shape index (κ1) is 15.4. The van der Waals surface area contributed by atoms with E-state index in [0.29, 0.717) is 11.7 Å². The maximum atomic E-state index is 5.76. The highest BCUT2D eigenvalue weighted by Crippen LogP contribution is 2.29. The van der Waals surface area contributed by atoms with Gasteiger partial charge in [-0.3, -0.25) is 0 Å². The van der Waals surface area contributed by atoms with Crippen molar-refractivity contribution in [3.8, 4) is 11.5 Å². The number of rotatable bonds is 6. The van der Waals surface area contributed by atoms with E-state index < -0.39 is 0 Å². The molecule has 0 saturated carbocycles. The van der Waals surface area contributed by atoms with Crippen LogP contribution in [0.2, 0.25) is 5.15 Å². The van der Waals surface area contributed by atoms with E-state index in [9.17, 15) is 0 Å². The van der Waals surface area contributed by atoms with Gasteiger partial charge in [0.05, 0.1) is 25.1 Å². The molecule has 0 saturated heterocycles. The number of methoxy groups -OCH3 is 1. The van der Waals surface area contributed by atoms with E-state index >= 15 is 0 Å². The first-order chi connectivity index (χ1) is 10.1. The predicted octanol–water partition coefficient (Wildman–Crippen LogP) is 4.14. The summed E-state index contributed by atoms with van der Waals surface area (Å²) in [6, 6.07) is 9.55.